The zero-order valence-corrected chi connectivity index (χ0v) is 48.7. The van der Waals surface area contributed by atoms with Crippen molar-refractivity contribution in [3.8, 4) is 11.5 Å². The first-order valence-electron chi connectivity index (χ1n) is 26.8. The molecular formula is C53H70N9O16P3. The molecule has 438 valence electrons. The van der Waals surface area contributed by atoms with Crippen molar-refractivity contribution in [2.24, 2.45) is 0 Å². The van der Waals surface area contributed by atoms with E-state index in [4.69, 9.17) is 15.2 Å². The SMILES string of the molecule is CC1CC(C)(C)Nc2cc3c(cc21)C(c1ccccc1C(=O)N(C)CCCC(=O)NCCCCCCOP(=O)([O-])OP(=O)(O)OP(=O)(O)OC[C@H]1O[C@@H](n2cnc4c(N)ncnc42)[C@H](O)[C@@H]1O)=c1cc2c(cc1O3)=[NH+]C(C)(C)CC2C. The predicted molar refractivity (Wildman–Crippen MR) is 293 cm³/mol. The maximum Gasteiger partial charge on any atom is 0.487 e. The number of carbonyl (C=O) groups is 2. The molecule has 0 bridgehead atoms. The van der Waals surface area contributed by atoms with Gasteiger partial charge in [0, 0.05) is 77.8 Å². The summed E-state index contributed by atoms with van der Waals surface area (Å²) in [7, 11) is -15.3. The highest BCUT2D eigenvalue weighted by molar-refractivity contribution is 7.66. The molecule has 3 aromatic carbocycles. The Morgan fingerprint density at radius 1 is 0.901 bits per heavy atom. The predicted octanol–water partition coefficient (Wildman–Crippen LogP) is 4.03. The number of anilines is 2. The molecule has 2 amide bonds. The van der Waals surface area contributed by atoms with Gasteiger partial charge in [-0.2, -0.15) is 4.31 Å². The Morgan fingerprint density at radius 2 is 1.64 bits per heavy atom. The van der Waals surface area contributed by atoms with Crippen molar-refractivity contribution in [1.29, 1.82) is 0 Å². The summed E-state index contributed by atoms with van der Waals surface area (Å²) in [5, 5.41) is 29.7. The number of imidazole rings is 1. The van der Waals surface area contributed by atoms with Crippen molar-refractivity contribution >= 4 is 63.5 Å². The van der Waals surface area contributed by atoms with Crippen LogP contribution in [0.1, 0.15) is 144 Å². The van der Waals surface area contributed by atoms with Crippen LogP contribution in [0.5, 0.6) is 11.5 Å². The lowest BCUT2D eigenvalue weighted by Gasteiger charge is -2.38. The van der Waals surface area contributed by atoms with Crippen LogP contribution < -0.4 is 41.6 Å². The fourth-order valence-corrected chi connectivity index (χ4v) is 14.8. The van der Waals surface area contributed by atoms with E-state index in [0.717, 1.165) is 52.1 Å². The lowest BCUT2D eigenvalue weighted by Crippen LogP contribution is -2.90. The molecule has 6 heterocycles. The van der Waals surface area contributed by atoms with Crippen LogP contribution in [0, 0.1) is 0 Å². The molecule has 1 fully saturated rings. The number of aliphatic hydroxyl groups is 2. The van der Waals surface area contributed by atoms with Gasteiger partial charge >= 0.3 is 15.6 Å². The molecule has 0 radical (unpaired) electrons. The van der Waals surface area contributed by atoms with Gasteiger partial charge in [0.25, 0.3) is 13.7 Å². The summed E-state index contributed by atoms with van der Waals surface area (Å²) in [5.74, 6) is 1.62. The summed E-state index contributed by atoms with van der Waals surface area (Å²) < 4.78 is 68.4. The molecule has 81 heavy (non-hydrogen) atoms. The van der Waals surface area contributed by atoms with Crippen molar-refractivity contribution in [1.82, 2.24) is 29.7 Å². The minimum absolute atomic E-state index is 0.0294. The van der Waals surface area contributed by atoms with Crippen LogP contribution in [0.3, 0.4) is 0 Å². The monoisotopic (exact) mass is 1180 g/mol. The van der Waals surface area contributed by atoms with Crippen molar-refractivity contribution < 1.29 is 80.3 Å². The number of aliphatic hydroxyl groups excluding tert-OH is 2. The Kier molecular flexibility index (Phi) is 17.5. The molecule has 4 aliphatic rings. The lowest BCUT2D eigenvalue weighted by atomic mass is 9.79. The van der Waals surface area contributed by atoms with Crippen molar-refractivity contribution in [2.75, 3.05) is 44.4 Å². The van der Waals surface area contributed by atoms with E-state index in [2.05, 4.69) is 114 Å². The highest BCUT2D eigenvalue weighted by Crippen LogP contribution is 2.66. The van der Waals surface area contributed by atoms with Gasteiger partial charge in [-0.25, -0.2) is 33.4 Å². The van der Waals surface area contributed by atoms with E-state index in [-0.39, 0.29) is 64.6 Å². The molecule has 0 spiro atoms. The number of aromatic nitrogens is 4. The highest BCUT2D eigenvalue weighted by atomic mass is 31.3. The zero-order valence-electron chi connectivity index (χ0n) is 46.1. The molecule has 25 nitrogen and oxygen atoms in total. The average molecular weight is 1180 g/mol. The maximum absolute atomic E-state index is 14.5. The standard InChI is InChI=1S/C53H70N9O16P3/c1-30-25-52(3,4)59-38-23-40-36(21-34(30)38)44(37-22-35-31(2)26-53(5,6)60-39(35)24-41(37)75-40)32-15-10-11-16-33(32)50(66)61(7)19-14-17-43(63)55-18-12-8-9-13-20-73-79(67,68)77-81(71,72)78-80(69,70)74-27-42-46(64)47(65)51(76-42)62-29-58-45-48(54)56-28-57-49(45)62/h10-11,15-16,21-24,28-31,42,46-47,51,59,64-65H,8-9,12-14,17-20,25-27H2,1-7H3,(H,55,63)(H,67,68)(H,69,70)(H,71,72)(H2,54,56,57)/t30?,31?,42-,46-,47-,51-/m1/s1. The third-order valence-corrected chi connectivity index (χ3v) is 19.1. The summed E-state index contributed by atoms with van der Waals surface area (Å²) in [6.07, 6.45) is 0.272. The number of carbonyl (C=O) groups excluding carboxylic acids is 2. The Bertz CT molecular complexity index is 3510. The van der Waals surface area contributed by atoms with Crippen LogP contribution in [0.25, 0.3) is 16.7 Å². The molecular weight excluding hydrogens is 1110 g/mol. The van der Waals surface area contributed by atoms with Crippen LogP contribution in [-0.4, -0.2) is 119 Å². The first kappa shape index (κ1) is 60.1. The zero-order chi connectivity index (χ0) is 58.4. The molecule has 5 aromatic rings. The molecule has 5 unspecified atom stereocenters. The van der Waals surface area contributed by atoms with Gasteiger partial charge in [-0.1, -0.05) is 44.9 Å². The number of phosphoric ester groups is 2. The lowest BCUT2D eigenvalue weighted by molar-refractivity contribution is -0.588. The van der Waals surface area contributed by atoms with Crippen LogP contribution in [0.4, 0.5) is 11.5 Å². The number of nitrogen functional groups attached to an aromatic ring is 1. The average Bonchev–Trinajstić information content (AvgIpc) is 4.13. The van der Waals surface area contributed by atoms with Gasteiger partial charge in [0.05, 0.1) is 25.6 Å². The number of unbranched alkanes of at least 4 members (excludes halogenated alkanes) is 3. The summed E-state index contributed by atoms with van der Waals surface area (Å²) in [5.41, 5.74) is 12.5. The molecule has 9 N–H and O–H groups in total. The van der Waals surface area contributed by atoms with Gasteiger partial charge in [0.1, 0.15) is 41.7 Å². The summed E-state index contributed by atoms with van der Waals surface area (Å²) in [6.45, 7) is 12.5. The van der Waals surface area contributed by atoms with E-state index in [1.54, 1.807) is 11.9 Å². The number of fused-ring (bicyclic) bond motifs is 5. The molecule has 0 saturated carbocycles. The number of nitrogens with zero attached hydrogens (tertiary/aromatic N) is 5. The molecule has 9 rings (SSSR count). The number of amides is 2. The summed E-state index contributed by atoms with van der Waals surface area (Å²) in [4.78, 5) is 77.1. The number of benzene rings is 3. The van der Waals surface area contributed by atoms with E-state index < -0.39 is 61.2 Å². The number of hydrogen-bond acceptors (Lipinski definition) is 19. The maximum atomic E-state index is 14.5. The molecule has 9 atom stereocenters. The van der Waals surface area contributed by atoms with Gasteiger partial charge in [-0.3, -0.25) is 23.2 Å². The molecule has 1 saturated heterocycles. The Hall–Kier alpha value is -5.49. The number of hydrogen-bond donors (Lipinski definition) is 8. The largest absolute Gasteiger partial charge is 0.756 e. The van der Waals surface area contributed by atoms with Crippen LogP contribution >= 0.6 is 23.5 Å². The third kappa shape index (κ3) is 13.8. The fraction of sp³-hybridized carbons (Fsp3) is 0.509. The minimum Gasteiger partial charge on any atom is -0.756 e. The molecule has 0 aliphatic carbocycles. The van der Waals surface area contributed by atoms with E-state index >= 15 is 0 Å². The second-order valence-corrected chi connectivity index (χ2v) is 27.1. The van der Waals surface area contributed by atoms with Crippen LogP contribution in [0.2, 0.25) is 0 Å². The van der Waals surface area contributed by atoms with E-state index in [9.17, 15) is 48.2 Å². The first-order chi connectivity index (χ1) is 38.1. The van der Waals surface area contributed by atoms with Crippen molar-refractivity contribution in [3.05, 3.63) is 99.6 Å². The van der Waals surface area contributed by atoms with Crippen molar-refractivity contribution in [3.63, 3.8) is 0 Å². The molecule has 28 heteroatoms. The Labute approximate surface area is 467 Å². The second kappa shape index (κ2) is 23.6. The third-order valence-electron chi connectivity index (χ3n) is 14.8. The molecule has 4 aliphatic heterocycles. The second-order valence-electron chi connectivity index (χ2n) is 22.5. The van der Waals surface area contributed by atoms with E-state index in [1.165, 1.54) is 22.0 Å². The minimum atomic E-state index is -5.86. The highest BCUT2D eigenvalue weighted by Gasteiger charge is 2.47. The molecule has 2 aromatic heterocycles. The first-order valence-corrected chi connectivity index (χ1v) is 31.3. The van der Waals surface area contributed by atoms with Gasteiger partial charge in [-0.15, -0.1) is 0 Å². The number of phosphoric acid groups is 3. The number of ether oxygens (including phenoxy) is 2. The van der Waals surface area contributed by atoms with Gasteiger partial charge in [0.2, 0.25) is 11.3 Å². The van der Waals surface area contributed by atoms with E-state index in [1.807, 2.05) is 24.3 Å². The van der Waals surface area contributed by atoms with Crippen LogP contribution in [0.15, 0.2) is 61.2 Å². The Morgan fingerprint density at radius 3 is 2.42 bits per heavy atom. The van der Waals surface area contributed by atoms with Gasteiger partial charge < -0.3 is 60.2 Å². The fourth-order valence-electron chi connectivity index (χ4n) is 11.3. The summed E-state index contributed by atoms with van der Waals surface area (Å²) >= 11 is 0. The quantitative estimate of drug-likeness (QED) is 0.0351. The van der Waals surface area contributed by atoms with E-state index in [0.29, 0.717) is 55.8 Å². The van der Waals surface area contributed by atoms with Gasteiger partial charge in [0.15, 0.2) is 23.2 Å². The normalized spacial score (nSPS) is 23.7. The van der Waals surface area contributed by atoms with Crippen molar-refractivity contribution in [2.45, 2.75) is 140 Å². The topological polar surface area (TPSA) is 356 Å². The van der Waals surface area contributed by atoms with Crippen LogP contribution in [-0.2, 0) is 40.9 Å². The number of nitrogens with two attached hydrogens (primary N) is 1. The summed E-state index contributed by atoms with van der Waals surface area (Å²) in [6, 6.07) is 16.3. The smallest absolute Gasteiger partial charge is 0.487 e. The van der Waals surface area contributed by atoms with Gasteiger partial charge in [-0.05, 0) is 94.5 Å². The Balaban J connectivity index is 0.717. The number of rotatable bonds is 22. The number of nitrogens with one attached hydrogen (secondary N) is 3.